The third-order valence-corrected chi connectivity index (χ3v) is 4.02. The van der Waals surface area contributed by atoms with E-state index in [1.807, 2.05) is 39.0 Å². The first kappa shape index (κ1) is 14.1. The predicted octanol–water partition coefficient (Wildman–Crippen LogP) is 3.55. The number of thiocarbonyl (C=S) groups is 1. The van der Waals surface area contributed by atoms with Gasteiger partial charge < -0.3 is 4.74 Å². The van der Waals surface area contributed by atoms with Gasteiger partial charge in [-0.15, -0.1) is 0 Å². The molecule has 2 rings (SSSR count). The Bertz CT molecular complexity index is 567. The van der Waals surface area contributed by atoms with Crippen molar-refractivity contribution in [3.63, 3.8) is 0 Å². The Hall–Kier alpha value is -1.33. The van der Waals surface area contributed by atoms with Crippen LogP contribution in [0.2, 0.25) is 0 Å². The normalized spacial score (nSPS) is 17.4. The molecule has 0 spiro atoms. The Morgan fingerprint density at radius 1 is 1.42 bits per heavy atom. The van der Waals surface area contributed by atoms with Crippen molar-refractivity contribution in [2.45, 2.75) is 20.8 Å². The number of carbonyl (C=O) groups excluding carboxylic acids is 1. The van der Waals surface area contributed by atoms with E-state index in [1.165, 1.54) is 18.0 Å². The molecule has 0 N–H and O–H groups in total. The molecule has 0 atom stereocenters. The van der Waals surface area contributed by atoms with Crippen LogP contribution in [0.1, 0.15) is 18.1 Å². The van der Waals surface area contributed by atoms with Gasteiger partial charge in [-0.3, -0.25) is 9.69 Å². The van der Waals surface area contributed by atoms with Crippen LogP contribution < -0.4 is 4.90 Å². The van der Waals surface area contributed by atoms with E-state index in [4.69, 9.17) is 17.0 Å². The Kier molecular flexibility index (Phi) is 4.27. The number of hydrogen-bond acceptors (Lipinski definition) is 4. The molecule has 0 saturated carbocycles. The van der Waals surface area contributed by atoms with Gasteiger partial charge in [0.05, 0.1) is 12.3 Å². The first-order chi connectivity index (χ1) is 9.04. The van der Waals surface area contributed by atoms with E-state index in [2.05, 4.69) is 0 Å². The second kappa shape index (κ2) is 5.75. The maximum atomic E-state index is 12.3. The van der Waals surface area contributed by atoms with E-state index in [-0.39, 0.29) is 5.91 Å². The van der Waals surface area contributed by atoms with Crippen molar-refractivity contribution in [3.05, 3.63) is 40.5 Å². The molecule has 0 unspecified atom stereocenters. The minimum absolute atomic E-state index is 0.115. The number of rotatable bonds is 3. The van der Waals surface area contributed by atoms with Gasteiger partial charge in [0.15, 0.2) is 4.32 Å². The third kappa shape index (κ3) is 2.82. The van der Waals surface area contributed by atoms with E-state index in [0.717, 1.165) is 16.8 Å². The van der Waals surface area contributed by atoms with Crippen molar-refractivity contribution < 1.29 is 9.53 Å². The molecule has 1 fully saturated rings. The lowest BCUT2D eigenvalue weighted by atomic mass is 10.1. The molecule has 19 heavy (non-hydrogen) atoms. The van der Waals surface area contributed by atoms with Crippen molar-refractivity contribution in [1.82, 2.24) is 0 Å². The van der Waals surface area contributed by atoms with Gasteiger partial charge in [-0.2, -0.15) is 0 Å². The predicted molar refractivity (Wildman–Crippen MR) is 83.3 cm³/mol. The number of nitrogens with zero attached hydrogens (tertiary/aromatic N) is 1. The summed E-state index contributed by atoms with van der Waals surface area (Å²) in [6, 6.07) is 5.95. The Morgan fingerprint density at radius 2 is 2.16 bits per heavy atom. The fourth-order valence-electron chi connectivity index (χ4n) is 1.87. The molecule has 0 aliphatic carbocycles. The van der Waals surface area contributed by atoms with E-state index in [9.17, 15) is 4.79 Å². The summed E-state index contributed by atoms with van der Waals surface area (Å²) in [5.41, 5.74) is 3.04. The molecule has 100 valence electrons. The smallest absolute Gasteiger partial charge is 0.273 e. The SMILES string of the molecule is CCO/C=C1/SC(=S)N(c2ccc(C)cc2C)C1=O. The summed E-state index contributed by atoms with van der Waals surface area (Å²) in [7, 11) is 0. The summed E-state index contributed by atoms with van der Waals surface area (Å²) in [6.45, 7) is 6.41. The highest BCUT2D eigenvalue weighted by Gasteiger charge is 2.34. The summed E-state index contributed by atoms with van der Waals surface area (Å²) in [6.07, 6.45) is 1.49. The maximum Gasteiger partial charge on any atom is 0.273 e. The third-order valence-electron chi connectivity index (χ3n) is 2.74. The fraction of sp³-hybridized carbons (Fsp3) is 0.286. The van der Waals surface area contributed by atoms with Crippen LogP contribution in [0, 0.1) is 13.8 Å². The van der Waals surface area contributed by atoms with Gasteiger partial charge >= 0.3 is 0 Å². The van der Waals surface area contributed by atoms with Gasteiger partial charge in [-0.25, -0.2) is 0 Å². The fourth-order valence-corrected chi connectivity index (χ4v) is 3.08. The number of benzene rings is 1. The number of thioether (sulfide) groups is 1. The van der Waals surface area contributed by atoms with Gasteiger partial charge in [0, 0.05) is 0 Å². The zero-order chi connectivity index (χ0) is 14.0. The largest absolute Gasteiger partial charge is 0.500 e. The van der Waals surface area contributed by atoms with Crippen molar-refractivity contribution in [2.24, 2.45) is 0 Å². The summed E-state index contributed by atoms with van der Waals surface area (Å²) in [4.78, 5) is 14.4. The molecule has 1 saturated heterocycles. The molecule has 0 radical (unpaired) electrons. The molecule has 5 heteroatoms. The van der Waals surface area contributed by atoms with E-state index < -0.39 is 0 Å². The summed E-state index contributed by atoms with van der Waals surface area (Å²) >= 11 is 6.56. The second-order valence-electron chi connectivity index (χ2n) is 4.24. The monoisotopic (exact) mass is 293 g/mol. The van der Waals surface area contributed by atoms with Gasteiger partial charge in [0.1, 0.15) is 11.2 Å². The molecule has 0 bridgehead atoms. The summed E-state index contributed by atoms with van der Waals surface area (Å²) < 4.78 is 5.72. The highest BCUT2D eigenvalue weighted by molar-refractivity contribution is 8.27. The Morgan fingerprint density at radius 3 is 2.79 bits per heavy atom. The first-order valence-corrected chi connectivity index (χ1v) is 7.22. The van der Waals surface area contributed by atoms with Crippen molar-refractivity contribution >= 4 is 39.9 Å². The molecule has 1 aliphatic rings. The summed E-state index contributed by atoms with van der Waals surface area (Å²) in [5.74, 6) is -0.115. The first-order valence-electron chi connectivity index (χ1n) is 6.00. The van der Waals surface area contributed by atoms with Gasteiger partial charge in [0.2, 0.25) is 0 Å². The topological polar surface area (TPSA) is 29.5 Å². The quantitative estimate of drug-likeness (QED) is 0.484. The highest BCUT2D eigenvalue weighted by atomic mass is 32.2. The van der Waals surface area contributed by atoms with Crippen molar-refractivity contribution in [1.29, 1.82) is 0 Å². The lowest BCUT2D eigenvalue weighted by Crippen LogP contribution is -2.28. The number of ether oxygens (including phenoxy) is 1. The maximum absolute atomic E-state index is 12.3. The second-order valence-corrected chi connectivity index (χ2v) is 5.91. The molecule has 0 aromatic heterocycles. The minimum Gasteiger partial charge on any atom is -0.500 e. The molecule has 1 aromatic carbocycles. The average molecular weight is 293 g/mol. The number of anilines is 1. The lowest BCUT2D eigenvalue weighted by molar-refractivity contribution is -0.113. The van der Waals surface area contributed by atoms with E-state index >= 15 is 0 Å². The zero-order valence-corrected chi connectivity index (χ0v) is 12.7. The molecule has 1 heterocycles. The van der Waals surface area contributed by atoms with E-state index in [1.54, 1.807) is 4.90 Å². The van der Waals surface area contributed by atoms with Crippen LogP contribution >= 0.6 is 24.0 Å². The van der Waals surface area contributed by atoms with Crippen LogP contribution in [0.25, 0.3) is 0 Å². The average Bonchev–Trinajstić information content (AvgIpc) is 2.63. The van der Waals surface area contributed by atoms with Gasteiger partial charge in [-0.1, -0.05) is 41.7 Å². The number of hydrogen-bond donors (Lipinski definition) is 0. The molecule has 1 amide bonds. The van der Waals surface area contributed by atoms with Crippen molar-refractivity contribution in [3.8, 4) is 0 Å². The number of carbonyl (C=O) groups is 1. The molecular weight excluding hydrogens is 278 g/mol. The van der Waals surface area contributed by atoms with Crippen LogP contribution in [0.5, 0.6) is 0 Å². The Balaban J connectivity index is 2.35. The summed E-state index contributed by atoms with van der Waals surface area (Å²) in [5, 5.41) is 0. The number of aryl methyl sites for hydroxylation is 2. The van der Waals surface area contributed by atoms with Gasteiger partial charge in [0.25, 0.3) is 5.91 Å². The van der Waals surface area contributed by atoms with Crippen LogP contribution in [0.15, 0.2) is 29.4 Å². The molecule has 1 aromatic rings. The van der Waals surface area contributed by atoms with Crippen molar-refractivity contribution in [2.75, 3.05) is 11.5 Å². The zero-order valence-electron chi connectivity index (χ0n) is 11.1. The molecule has 1 aliphatic heterocycles. The minimum atomic E-state index is -0.115. The molecule has 3 nitrogen and oxygen atoms in total. The Labute approximate surface area is 122 Å². The van der Waals surface area contributed by atoms with Crippen LogP contribution in [-0.4, -0.2) is 16.8 Å². The van der Waals surface area contributed by atoms with Gasteiger partial charge in [-0.05, 0) is 32.4 Å². The van der Waals surface area contributed by atoms with Crippen LogP contribution in [0.3, 0.4) is 0 Å². The lowest BCUT2D eigenvalue weighted by Gasteiger charge is -2.17. The molecular formula is C14H15NO2S2. The standard InChI is InChI=1S/C14H15NO2S2/c1-4-17-8-12-13(16)15(14(18)19-12)11-6-5-9(2)7-10(11)3/h5-8H,4H2,1-3H3/b12-8+. The van der Waals surface area contributed by atoms with Crippen LogP contribution in [0.4, 0.5) is 5.69 Å². The highest BCUT2D eigenvalue weighted by Crippen LogP contribution is 2.36. The van der Waals surface area contributed by atoms with E-state index in [0.29, 0.717) is 15.8 Å². The van der Waals surface area contributed by atoms with Crippen LogP contribution in [-0.2, 0) is 9.53 Å². The number of amides is 1.